The van der Waals surface area contributed by atoms with Crippen molar-refractivity contribution in [2.24, 2.45) is 0 Å². The minimum atomic E-state index is -0.722. The lowest BCUT2D eigenvalue weighted by atomic mass is 10.1. The first-order valence-electron chi connectivity index (χ1n) is 7.09. The van der Waals surface area contributed by atoms with Gasteiger partial charge in [-0.3, -0.25) is 4.79 Å². The molecule has 3 nitrogen and oxygen atoms in total. The predicted octanol–water partition coefficient (Wildman–Crippen LogP) is 3.87. The highest BCUT2D eigenvalue weighted by Gasteiger charge is 1.96. The van der Waals surface area contributed by atoms with Gasteiger partial charge in [0.2, 0.25) is 0 Å². The van der Waals surface area contributed by atoms with Gasteiger partial charge in [-0.1, -0.05) is 23.3 Å². The highest BCUT2D eigenvalue weighted by atomic mass is 16.4. The van der Waals surface area contributed by atoms with Crippen molar-refractivity contribution < 1.29 is 9.90 Å². The first-order valence-corrected chi connectivity index (χ1v) is 7.09. The molecule has 0 saturated heterocycles. The summed E-state index contributed by atoms with van der Waals surface area (Å²) in [6, 6.07) is 0. The van der Waals surface area contributed by atoms with Crippen molar-refractivity contribution in [3.8, 4) is 0 Å². The Morgan fingerprint density at radius 1 is 1.00 bits per heavy atom. The van der Waals surface area contributed by atoms with Crippen LogP contribution in [0, 0.1) is 0 Å². The van der Waals surface area contributed by atoms with Crippen LogP contribution in [-0.4, -0.2) is 36.6 Å². The molecule has 0 saturated carbocycles. The van der Waals surface area contributed by atoms with E-state index in [4.69, 9.17) is 5.11 Å². The fourth-order valence-corrected chi connectivity index (χ4v) is 1.87. The molecule has 0 bridgehead atoms. The third-order valence-electron chi connectivity index (χ3n) is 3.06. The zero-order chi connectivity index (χ0) is 14.7. The Hall–Kier alpha value is -1.09. The van der Waals surface area contributed by atoms with E-state index < -0.39 is 5.97 Å². The van der Waals surface area contributed by atoms with Crippen molar-refractivity contribution in [2.45, 2.75) is 52.4 Å². The summed E-state index contributed by atoms with van der Waals surface area (Å²) in [6.45, 7) is 5.41. The number of hydrogen-bond donors (Lipinski definition) is 1. The molecule has 0 amide bonds. The van der Waals surface area contributed by atoms with Gasteiger partial charge < -0.3 is 10.0 Å². The fourth-order valence-electron chi connectivity index (χ4n) is 1.87. The van der Waals surface area contributed by atoms with Crippen molar-refractivity contribution in [3.05, 3.63) is 23.3 Å². The number of carboxylic acids is 1. The van der Waals surface area contributed by atoms with Crippen LogP contribution < -0.4 is 0 Å². The van der Waals surface area contributed by atoms with E-state index in [2.05, 4.69) is 38.9 Å². The quantitative estimate of drug-likeness (QED) is 0.611. The Morgan fingerprint density at radius 2 is 1.53 bits per heavy atom. The maximum atomic E-state index is 10.4. The van der Waals surface area contributed by atoms with Crippen LogP contribution in [0.4, 0.5) is 0 Å². The Morgan fingerprint density at radius 3 is 2.05 bits per heavy atom. The first-order chi connectivity index (χ1) is 8.91. The molecule has 0 aliphatic rings. The number of hydrogen-bond acceptors (Lipinski definition) is 2. The van der Waals surface area contributed by atoms with Crippen LogP contribution in [0.15, 0.2) is 23.3 Å². The van der Waals surface area contributed by atoms with Crippen LogP contribution in [0.2, 0.25) is 0 Å². The van der Waals surface area contributed by atoms with Gasteiger partial charge in [0.15, 0.2) is 0 Å². The second-order valence-corrected chi connectivity index (χ2v) is 5.48. The van der Waals surface area contributed by atoms with Crippen LogP contribution >= 0.6 is 0 Å². The summed E-state index contributed by atoms with van der Waals surface area (Å²) in [5.74, 6) is -0.722. The van der Waals surface area contributed by atoms with Crippen molar-refractivity contribution in [2.75, 3.05) is 20.6 Å². The van der Waals surface area contributed by atoms with E-state index in [1.165, 1.54) is 24.0 Å². The molecule has 0 rings (SSSR count). The lowest BCUT2D eigenvalue weighted by Gasteiger charge is -2.09. The predicted molar refractivity (Wildman–Crippen MR) is 81.4 cm³/mol. The summed E-state index contributed by atoms with van der Waals surface area (Å²) in [5, 5.41) is 8.55. The Balaban J connectivity index is 3.77. The van der Waals surface area contributed by atoms with E-state index in [9.17, 15) is 4.79 Å². The lowest BCUT2D eigenvalue weighted by Crippen LogP contribution is -2.12. The van der Waals surface area contributed by atoms with Crippen LogP contribution in [-0.2, 0) is 4.79 Å². The molecule has 0 aliphatic heterocycles. The van der Waals surface area contributed by atoms with E-state index in [0.717, 1.165) is 19.4 Å². The van der Waals surface area contributed by atoms with Gasteiger partial charge in [-0.15, -0.1) is 0 Å². The van der Waals surface area contributed by atoms with E-state index in [0.29, 0.717) is 6.42 Å². The monoisotopic (exact) mass is 267 g/mol. The molecular weight excluding hydrogens is 238 g/mol. The molecule has 1 N–H and O–H groups in total. The van der Waals surface area contributed by atoms with Crippen molar-refractivity contribution in [1.29, 1.82) is 0 Å². The summed E-state index contributed by atoms with van der Waals surface area (Å²) < 4.78 is 0. The Labute approximate surface area is 118 Å². The Kier molecular flexibility index (Phi) is 10.2. The van der Waals surface area contributed by atoms with E-state index in [1.807, 2.05) is 6.08 Å². The van der Waals surface area contributed by atoms with Gasteiger partial charge in [0.25, 0.3) is 0 Å². The van der Waals surface area contributed by atoms with E-state index in [-0.39, 0.29) is 6.42 Å². The number of allylic oxidation sites excluding steroid dienone is 4. The molecule has 110 valence electrons. The van der Waals surface area contributed by atoms with E-state index in [1.54, 1.807) is 0 Å². The standard InChI is InChI=1S/C16H29NO2/c1-14(10-6-12-16(18)19)8-5-9-15(2)11-7-13-17(3)4/h9-10H,5-8,11-13H2,1-4H3,(H,18,19). The maximum absolute atomic E-state index is 10.4. The van der Waals surface area contributed by atoms with Crippen LogP contribution in [0.25, 0.3) is 0 Å². The topological polar surface area (TPSA) is 40.5 Å². The number of carbonyl (C=O) groups is 1. The first kappa shape index (κ1) is 17.9. The minimum absolute atomic E-state index is 0.233. The largest absolute Gasteiger partial charge is 0.481 e. The average molecular weight is 267 g/mol. The molecule has 3 heteroatoms. The Bertz CT molecular complexity index is 317. The van der Waals surface area contributed by atoms with E-state index >= 15 is 0 Å². The summed E-state index contributed by atoms with van der Waals surface area (Å²) in [4.78, 5) is 12.6. The lowest BCUT2D eigenvalue weighted by molar-refractivity contribution is -0.136. The maximum Gasteiger partial charge on any atom is 0.303 e. The SMILES string of the molecule is CC(=CCCC(=O)O)CCC=C(C)CCCN(C)C. The molecule has 0 heterocycles. The van der Waals surface area contributed by atoms with Crippen molar-refractivity contribution in [1.82, 2.24) is 4.90 Å². The molecular formula is C16H29NO2. The van der Waals surface area contributed by atoms with Gasteiger partial charge in [-0.25, -0.2) is 0 Å². The molecule has 0 aromatic rings. The van der Waals surface area contributed by atoms with Crippen LogP contribution in [0.3, 0.4) is 0 Å². The van der Waals surface area contributed by atoms with Crippen molar-refractivity contribution >= 4 is 5.97 Å². The minimum Gasteiger partial charge on any atom is -0.481 e. The fraction of sp³-hybridized carbons (Fsp3) is 0.688. The third-order valence-corrected chi connectivity index (χ3v) is 3.06. The molecule has 0 spiro atoms. The third kappa shape index (κ3) is 13.1. The molecule has 0 unspecified atom stereocenters. The van der Waals surface area contributed by atoms with Gasteiger partial charge in [-0.2, -0.15) is 0 Å². The van der Waals surface area contributed by atoms with Crippen molar-refractivity contribution in [3.63, 3.8) is 0 Å². The summed E-state index contributed by atoms with van der Waals surface area (Å²) in [5.41, 5.74) is 2.75. The van der Waals surface area contributed by atoms with Gasteiger partial charge in [0, 0.05) is 6.42 Å². The zero-order valence-electron chi connectivity index (χ0n) is 12.9. The summed E-state index contributed by atoms with van der Waals surface area (Å²) >= 11 is 0. The average Bonchev–Trinajstić information content (AvgIpc) is 2.27. The molecule has 0 aromatic heterocycles. The molecule has 0 aromatic carbocycles. The highest BCUT2D eigenvalue weighted by molar-refractivity contribution is 5.66. The number of aliphatic carboxylic acids is 1. The smallest absolute Gasteiger partial charge is 0.303 e. The number of rotatable bonds is 10. The van der Waals surface area contributed by atoms with Gasteiger partial charge >= 0.3 is 5.97 Å². The van der Waals surface area contributed by atoms with Gasteiger partial charge in [-0.05, 0) is 66.6 Å². The normalized spacial score (nSPS) is 13.1. The molecule has 19 heavy (non-hydrogen) atoms. The van der Waals surface area contributed by atoms with Crippen LogP contribution in [0.5, 0.6) is 0 Å². The second kappa shape index (κ2) is 10.8. The highest BCUT2D eigenvalue weighted by Crippen LogP contribution is 2.11. The zero-order valence-corrected chi connectivity index (χ0v) is 12.9. The summed E-state index contributed by atoms with van der Waals surface area (Å²) in [7, 11) is 4.20. The van der Waals surface area contributed by atoms with Gasteiger partial charge in [0.05, 0.1) is 0 Å². The molecule has 0 radical (unpaired) electrons. The molecule has 0 fully saturated rings. The summed E-state index contributed by atoms with van der Waals surface area (Å²) in [6.07, 6.45) is 9.70. The second-order valence-electron chi connectivity index (χ2n) is 5.48. The van der Waals surface area contributed by atoms with Crippen LogP contribution in [0.1, 0.15) is 52.4 Å². The van der Waals surface area contributed by atoms with Gasteiger partial charge in [0.1, 0.15) is 0 Å². The number of carboxylic acid groups (broad SMARTS) is 1. The number of nitrogens with zero attached hydrogens (tertiary/aromatic N) is 1. The molecule has 0 atom stereocenters. The molecule has 0 aliphatic carbocycles.